The number of benzene rings is 3. The van der Waals surface area contributed by atoms with E-state index in [4.69, 9.17) is 18.9 Å². The number of fused-ring (bicyclic) bond motifs is 1. The van der Waals surface area contributed by atoms with Crippen LogP contribution in [-0.2, 0) is 14.4 Å². The second kappa shape index (κ2) is 13.3. The fourth-order valence-electron chi connectivity index (χ4n) is 4.30. The molecule has 43 heavy (non-hydrogen) atoms. The third kappa shape index (κ3) is 7.28. The number of nitrogens with zero attached hydrogens (tertiary/aromatic N) is 1. The Morgan fingerprint density at radius 2 is 1.72 bits per heavy atom. The van der Waals surface area contributed by atoms with Crippen molar-refractivity contribution in [2.75, 3.05) is 43.6 Å². The number of imide groups is 1. The fourth-order valence-corrected chi connectivity index (χ4v) is 5.14. The number of carbonyl (C=O) groups is 4. The maximum atomic E-state index is 13.0. The van der Waals surface area contributed by atoms with Crippen LogP contribution in [0.4, 0.5) is 16.2 Å². The van der Waals surface area contributed by atoms with Crippen LogP contribution in [-0.4, -0.2) is 60.8 Å². The van der Waals surface area contributed by atoms with Gasteiger partial charge in [0.2, 0.25) is 5.91 Å². The number of hydrogen-bond donors (Lipinski definition) is 2. The van der Waals surface area contributed by atoms with Crippen LogP contribution in [0.2, 0.25) is 0 Å². The number of nitrogens with one attached hydrogen (secondary N) is 2. The largest absolute Gasteiger partial charge is 0.490 e. The van der Waals surface area contributed by atoms with Crippen LogP contribution >= 0.6 is 11.8 Å². The van der Waals surface area contributed by atoms with Gasteiger partial charge in [0, 0.05) is 17.4 Å². The zero-order valence-corrected chi connectivity index (χ0v) is 24.3. The molecule has 0 saturated carbocycles. The first-order valence-corrected chi connectivity index (χ1v) is 14.3. The van der Waals surface area contributed by atoms with Gasteiger partial charge in [0.1, 0.15) is 19.8 Å². The molecule has 0 aliphatic carbocycles. The molecule has 3 aromatic rings. The van der Waals surface area contributed by atoms with E-state index in [9.17, 15) is 19.2 Å². The van der Waals surface area contributed by atoms with Crippen molar-refractivity contribution >= 4 is 52.2 Å². The molecule has 4 amide bonds. The first-order valence-electron chi connectivity index (χ1n) is 13.5. The molecule has 2 aliphatic heterocycles. The maximum Gasteiger partial charge on any atom is 0.294 e. The third-order valence-corrected chi connectivity index (χ3v) is 7.25. The normalized spacial score (nSPS) is 14.9. The van der Waals surface area contributed by atoms with Gasteiger partial charge in [-0.05, 0) is 73.1 Å². The van der Waals surface area contributed by atoms with Crippen molar-refractivity contribution < 1.29 is 38.1 Å². The standard InChI is InChI=1S/C31H29N3O8S/c1-3-39-25-14-20(8-10-24(25)42-18-29(36)33-22-7-5-4-6-19(22)2)15-27-30(37)34(31(38)43-27)17-28(35)32-21-9-11-23-26(16-21)41-13-12-40-23/h4-11,14-16H,3,12-13,17-18H2,1-2H3,(H,32,35)(H,33,36)/b27-15-. The highest BCUT2D eigenvalue weighted by molar-refractivity contribution is 8.18. The summed E-state index contributed by atoms with van der Waals surface area (Å²) in [6, 6.07) is 17.3. The predicted molar refractivity (Wildman–Crippen MR) is 162 cm³/mol. The molecule has 2 N–H and O–H groups in total. The highest BCUT2D eigenvalue weighted by Crippen LogP contribution is 2.35. The van der Waals surface area contributed by atoms with Crippen LogP contribution in [0.1, 0.15) is 18.1 Å². The topological polar surface area (TPSA) is 133 Å². The van der Waals surface area contributed by atoms with E-state index in [1.807, 2.05) is 38.1 Å². The van der Waals surface area contributed by atoms with Gasteiger partial charge in [0.05, 0.1) is 11.5 Å². The summed E-state index contributed by atoms with van der Waals surface area (Å²) < 4.78 is 22.4. The SMILES string of the molecule is CCOc1cc(/C=C2\SC(=O)N(CC(=O)Nc3ccc4c(c3)OCCO4)C2=O)ccc1OCC(=O)Nc1ccccc1C. The minimum atomic E-state index is -0.585. The van der Waals surface area contributed by atoms with Gasteiger partial charge < -0.3 is 29.6 Å². The zero-order chi connectivity index (χ0) is 30.3. The molecule has 2 aliphatic rings. The lowest BCUT2D eigenvalue weighted by molar-refractivity contribution is -0.127. The predicted octanol–water partition coefficient (Wildman–Crippen LogP) is 4.86. The zero-order valence-electron chi connectivity index (χ0n) is 23.5. The Hall–Kier alpha value is -4.97. The van der Waals surface area contributed by atoms with Gasteiger partial charge >= 0.3 is 0 Å². The van der Waals surface area contributed by atoms with Crippen LogP contribution in [0.25, 0.3) is 6.08 Å². The molecule has 222 valence electrons. The molecule has 0 radical (unpaired) electrons. The number of amides is 4. The first kappa shape index (κ1) is 29.5. The van der Waals surface area contributed by atoms with Crippen LogP contribution < -0.4 is 29.6 Å². The Morgan fingerprint density at radius 1 is 0.930 bits per heavy atom. The molecule has 5 rings (SSSR count). The van der Waals surface area contributed by atoms with Gasteiger partial charge in [0.25, 0.3) is 17.1 Å². The van der Waals surface area contributed by atoms with Crippen molar-refractivity contribution in [3.05, 3.63) is 76.7 Å². The van der Waals surface area contributed by atoms with Crippen molar-refractivity contribution in [1.29, 1.82) is 0 Å². The number of aryl methyl sites for hydroxylation is 1. The number of para-hydroxylation sites is 1. The number of rotatable bonds is 10. The third-order valence-electron chi connectivity index (χ3n) is 6.34. The summed E-state index contributed by atoms with van der Waals surface area (Å²) in [6.07, 6.45) is 1.54. The lowest BCUT2D eigenvalue weighted by Crippen LogP contribution is -2.36. The van der Waals surface area contributed by atoms with E-state index in [2.05, 4.69) is 10.6 Å². The van der Waals surface area contributed by atoms with E-state index >= 15 is 0 Å². The average molecular weight is 604 g/mol. The van der Waals surface area contributed by atoms with E-state index in [1.165, 1.54) is 0 Å². The van der Waals surface area contributed by atoms with E-state index in [0.29, 0.717) is 59.8 Å². The van der Waals surface area contributed by atoms with Crippen LogP contribution in [0, 0.1) is 6.92 Å². The van der Waals surface area contributed by atoms with Crippen molar-refractivity contribution in [2.24, 2.45) is 0 Å². The number of hydrogen-bond acceptors (Lipinski definition) is 9. The number of ether oxygens (including phenoxy) is 4. The van der Waals surface area contributed by atoms with Gasteiger partial charge in [-0.3, -0.25) is 24.1 Å². The molecule has 11 nitrogen and oxygen atoms in total. The molecule has 0 unspecified atom stereocenters. The van der Waals surface area contributed by atoms with E-state index in [-0.39, 0.29) is 17.4 Å². The molecule has 0 spiro atoms. The Labute approximate surface area is 252 Å². The van der Waals surface area contributed by atoms with Gasteiger partial charge in [-0.2, -0.15) is 0 Å². The van der Waals surface area contributed by atoms with Gasteiger partial charge in [0.15, 0.2) is 29.6 Å². The minimum Gasteiger partial charge on any atom is -0.490 e. The minimum absolute atomic E-state index is 0.158. The summed E-state index contributed by atoms with van der Waals surface area (Å²) in [5.74, 6) is 0.362. The van der Waals surface area contributed by atoms with E-state index in [1.54, 1.807) is 42.5 Å². The molecule has 12 heteroatoms. The van der Waals surface area contributed by atoms with Gasteiger partial charge in [-0.15, -0.1) is 0 Å². The summed E-state index contributed by atoms with van der Waals surface area (Å²) >= 11 is 0.740. The van der Waals surface area contributed by atoms with E-state index in [0.717, 1.165) is 22.2 Å². The lowest BCUT2D eigenvalue weighted by Gasteiger charge is -2.19. The summed E-state index contributed by atoms with van der Waals surface area (Å²) in [5, 5.41) is 4.94. The van der Waals surface area contributed by atoms with Crippen LogP contribution in [0.15, 0.2) is 65.6 Å². The number of carbonyl (C=O) groups excluding carboxylic acids is 4. The highest BCUT2D eigenvalue weighted by Gasteiger charge is 2.36. The van der Waals surface area contributed by atoms with Crippen molar-refractivity contribution in [2.45, 2.75) is 13.8 Å². The summed E-state index contributed by atoms with van der Waals surface area (Å²) in [5.41, 5.74) is 2.66. The number of thioether (sulfide) groups is 1. The number of anilines is 2. The average Bonchev–Trinajstić information content (AvgIpc) is 3.25. The maximum absolute atomic E-state index is 13.0. The molecule has 0 atom stereocenters. The summed E-state index contributed by atoms with van der Waals surface area (Å²) in [7, 11) is 0. The molecule has 1 fully saturated rings. The monoisotopic (exact) mass is 603 g/mol. The molecular formula is C31H29N3O8S. The van der Waals surface area contributed by atoms with Crippen LogP contribution in [0.5, 0.6) is 23.0 Å². The van der Waals surface area contributed by atoms with E-state index < -0.39 is 23.6 Å². The second-order valence-electron chi connectivity index (χ2n) is 9.47. The Morgan fingerprint density at radius 3 is 2.51 bits per heavy atom. The fraction of sp³-hybridized carbons (Fsp3) is 0.226. The first-order chi connectivity index (χ1) is 20.8. The molecule has 3 aromatic carbocycles. The van der Waals surface area contributed by atoms with Gasteiger partial charge in [-0.25, -0.2) is 0 Å². The highest BCUT2D eigenvalue weighted by atomic mass is 32.2. The van der Waals surface area contributed by atoms with Crippen molar-refractivity contribution in [3.8, 4) is 23.0 Å². The smallest absolute Gasteiger partial charge is 0.294 e. The van der Waals surface area contributed by atoms with Crippen molar-refractivity contribution in [1.82, 2.24) is 4.90 Å². The Balaban J connectivity index is 1.21. The molecular weight excluding hydrogens is 574 g/mol. The molecule has 1 saturated heterocycles. The molecule has 2 heterocycles. The lowest BCUT2D eigenvalue weighted by atomic mass is 10.2. The Bertz CT molecular complexity index is 1610. The molecule has 0 bridgehead atoms. The van der Waals surface area contributed by atoms with Crippen LogP contribution in [0.3, 0.4) is 0 Å². The second-order valence-corrected chi connectivity index (χ2v) is 10.5. The summed E-state index contributed by atoms with van der Waals surface area (Å²) in [4.78, 5) is 51.8. The van der Waals surface area contributed by atoms with Crippen molar-refractivity contribution in [3.63, 3.8) is 0 Å². The molecule has 0 aromatic heterocycles. The Kier molecular flexibility index (Phi) is 9.16. The van der Waals surface area contributed by atoms with Gasteiger partial charge in [-0.1, -0.05) is 24.3 Å². The quantitative estimate of drug-likeness (QED) is 0.312. The summed E-state index contributed by atoms with van der Waals surface area (Å²) in [6.45, 7) is 4.21.